The molecule has 0 aliphatic rings. The van der Waals surface area contributed by atoms with Crippen LogP contribution in [0.2, 0.25) is 0 Å². The zero-order valence-electron chi connectivity index (χ0n) is 12.0. The van der Waals surface area contributed by atoms with Crippen molar-refractivity contribution in [1.29, 1.82) is 0 Å². The van der Waals surface area contributed by atoms with Crippen LogP contribution in [0, 0.1) is 0 Å². The molecule has 3 rings (SSSR count). The van der Waals surface area contributed by atoms with Crippen LogP contribution in [-0.2, 0) is 6.54 Å². The van der Waals surface area contributed by atoms with Gasteiger partial charge in [-0.3, -0.25) is 4.79 Å². The van der Waals surface area contributed by atoms with Gasteiger partial charge in [-0.15, -0.1) is 11.3 Å². The van der Waals surface area contributed by atoms with E-state index in [9.17, 15) is 4.79 Å². The second-order valence-electron chi connectivity index (χ2n) is 5.24. The third-order valence-corrected chi connectivity index (χ3v) is 4.30. The minimum Gasteiger partial charge on any atom is -0.378 e. The Bertz CT molecular complexity index is 820. The second kappa shape index (κ2) is 5.69. The van der Waals surface area contributed by atoms with E-state index in [1.807, 2.05) is 23.6 Å². The molecule has 0 aliphatic carbocycles. The molecule has 0 fully saturated rings. The third-order valence-electron chi connectivity index (χ3n) is 3.39. The molecule has 0 saturated carbocycles. The van der Waals surface area contributed by atoms with E-state index in [0.29, 0.717) is 23.0 Å². The van der Waals surface area contributed by atoms with E-state index in [4.69, 9.17) is 0 Å². The molecule has 5 heteroatoms. The Hall–Kier alpha value is -2.14. The van der Waals surface area contributed by atoms with Crippen molar-refractivity contribution >= 4 is 27.2 Å². The lowest BCUT2D eigenvalue weighted by atomic mass is 10.0. The molecule has 21 heavy (non-hydrogen) atoms. The molecule has 0 spiro atoms. The maximum Gasteiger partial charge on any atom is 0.268 e. The summed E-state index contributed by atoms with van der Waals surface area (Å²) in [6, 6.07) is 10.1. The average Bonchev–Trinajstić information content (AvgIpc) is 2.94. The van der Waals surface area contributed by atoms with E-state index < -0.39 is 0 Å². The molecule has 108 valence electrons. The molecule has 2 N–H and O–H groups in total. The number of H-pyrrole nitrogens is 1. The van der Waals surface area contributed by atoms with Crippen molar-refractivity contribution in [1.82, 2.24) is 9.97 Å². The number of nitrogens with one attached hydrogen (secondary N) is 2. The quantitative estimate of drug-likeness (QED) is 0.772. The SMILES string of the molecule is CC(C)c1ccccc1NCc1nc2ccsc2c(=O)[nH]1. The molecule has 2 heterocycles. The lowest BCUT2D eigenvalue weighted by Crippen LogP contribution is -2.13. The number of fused-ring (bicyclic) bond motifs is 1. The number of para-hydroxylation sites is 1. The fraction of sp³-hybridized carbons (Fsp3) is 0.250. The highest BCUT2D eigenvalue weighted by atomic mass is 32.1. The predicted molar refractivity (Wildman–Crippen MR) is 88.1 cm³/mol. The molecule has 0 atom stereocenters. The summed E-state index contributed by atoms with van der Waals surface area (Å²) in [4.78, 5) is 19.2. The smallest absolute Gasteiger partial charge is 0.268 e. The summed E-state index contributed by atoms with van der Waals surface area (Å²) < 4.78 is 0.682. The number of aromatic amines is 1. The Morgan fingerprint density at radius 2 is 2.10 bits per heavy atom. The van der Waals surface area contributed by atoms with Crippen molar-refractivity contribution in [3.8, 4) is 0 Å². The minimum absolute atomic E-state index is 0.0658. The van der Waals surface area contributed by atoms with Crippen LogP contribution in [0.4, 0.5) is 5.69 Å². The Morgan fingerprint density at radius 3 is 2.90 bits per heavy atom. The van der Waals surface area contributed by atoms with Crippen LogP contribution in [-0.4, -0.2) is 9.97 Å². The normalized spacial score (nSPS) is 11.2. The first-order valence-electron chi connectivity index (χ1n) is 6.94. The monoisotopic (exact) mass is 299 g/mol. The molecular formula is C16H17N3OS. The van der Waals surface area contributed by atoms with Crippen molar-refractivity contribution in [3.05, 3.63) is 57.5 Å². The molecule has 0 saturated heterocycles. The summed E-state index contributed by atoms with van der Waals surface area (Å²) in [5, 5.41) is 5.25. The van der Waals surface area contributed by atoms with Crippen molar-refractivity contribution in [3.63, 3.8) is 0 Å². The lowest BCUT2D eigenvalue weighted by Gasteiger charge is -2.14. The summed E-state index contributed by atoms with van der Waals surface area (Å²) in [5.74, 6) is 1.10. The number of thiophene rings is 1. The van der Waals surface area contributed by atoms with E-state index in [0.717, 1.165) is 11.2 Å². The van der Waals surface area contributed by atoms with Gasteiger partial charge in [0.05, 0.1) is 12.1 Å². The number of rotatable bonds is 4. The molecule has 4 nitrogen and oxygen atoms in total. The highest BCUT2D eigenvalue weighted by molar-refractivity contribution is 7.17. The van der Waals surface area contributed by atoms with Gasteiger partial charge in [-0.05, 0) is 29.0 Å². The van der Waals surface area contributed by atoms with Gasteiger partial charge in [0.2, 0.25) is 0 Å². The zero-order chi connectivity index (χ0) is 14.8. The third kappa shape index (κ3) is 2.83. The maximum atomic E-state index is 11.9. The van der Waals surface area contributed by atoms with Gasteiger partial charge in [0.15, 0.2) is 0 Å². The van der Waals surface area contributed by atoms with Crippen LogP contribution in [0.1, 0.15) is 31.2 Å². The Balaban J connectivity index is 1.85. The standard InChI is InChI=1S/C16H17N3OS/c1-10(2)11-5-3-4-6-12(11)17-9-14-18-13-7-8-21-15(13)16(20)19-14/h3-8,10,17H,9H2,1-2H3,(H,18,19,20). The minimum atomic E-state index is -0.0658. The van der Waals surface area contributed by atoms with Gasteiger partial charge in [0, 0.05) is 5.69 Å². The average molecular weight is 299 g/mol. The van der Waals surface area contributed by atoms with Crippen molar-refractivity contribution in [2.75, 3.05) is 5.32 Å². The van der Waals surface area contributed by atoms with Gasteiger partial charge in [0.1, 0.15) is 10.5 Å². The van der Waals surface area contributed by atoms with Gasteiger partial charge in [-0.25, -0.2) is 4.98 Å². The summed E-state index contributed by atoms with van der Waals surface area (Å²) >= 11 is 1.42. The Morgan fingerprint density at radius 1 is 1.29 bits per heavy atom. The summed E-state index contributed by atoms with van der Waals surface area (Å²) in [6.07, 6.45) is 0. The second-order valence-corrected chi connectivity index (χ2v) is 6.16. The maximum absolute atomic E-state index is 11.9. The van der Waals surface area contributed by atoms with E-state index in [-0.39, 0.29) is 5.56 Å². The number of anilines is 1. The van der Waals surface area contributed by atoms with E-state index in [2.05, 4.69) is 41.3 Å². The van der Waals surface area contributed by atoms with Crippen molar-refractivity contribution in [2.45, 2.75) is 26.3 Å². The van der Waals surface area contributed by atoms with Crippen LogP contribution < -0.4 is 10.9 Å². The molecule has 0 aliphatic heterocycles. The molecule has 0 unspecified atom stereocenters. The summed E-state index contributed by atoms with van der Waals surface area (Å²) in [6.45, 7) is 4.83. The van der Waals surface area contributed by atoms with Crippen LogP contribution in [0.3, 0.4) is 0 Å². The van der Waals surface area contributed by atoms with Gasteiger partial charge >= 0.3 is 0 Å². The van der Waals surface area contributed by atoms with Crippen LogP contribution in [0.5, 0.6) is 0 Å². The van der Waals surface area contributed by atoms with E-state index in [1.54, 1.807) is 0 Å². The highest BCUT2D eigenvalue weighted by Crippen LogP contribution is 2.24. The number of hydrogen-bond acceptors (Lipinski definition) is 4. The molecule has 0 bridgehead atoms. The Kier molecular flexibility index (Phi) is 3.75. The topological polar surface area (TPSA) is 57.8 Å². The number of aromatic nitrogens is 2. The number of hydrogen-bond donors (Lipinski definition) is 2. The lowest BCUT2D eigenvalue weighted by molar-refractivity contribution is 0.861. The first kappa shape index (κ1) is 13.8. The van der Waals surface area contributed by atoms with Crippen LogP contribution >= 0.6 is 11.3 Å². The molecule has 3 aromatic rings. The fourth-order valence-corrected chi connectivity index (χ4v) is 3.07. The molecular weight excluding hydrogens is 282 g/mol. The van der Waals surface area contributed by atoms with Crippen molar-refractivity contribution < 1.29 is 0 Å². The van der Waals surface area contributed by atoms with Gasteiger partial charge in [-0.2, -0.15) is 0 Å². The Labute approximate surface area is 126 Å². The van der Waals surface area contributed by atoms with E-state index in [1.165, 1.54) is 16.9 Å². The summed E-state index contributed by atoms with van der Waals surface area (Å²) in [7, 11) is 0. The predicted octanol–water partition coefficient (Wildman–Crippen LogP) is 3.72. The highest BCUT2D eigenvalue weighted by Gasteiger charge is 2.07. The van der Waals surface area contributed by atoms with Gasteiger partial charge in [0.25, 0.3) is 5.56 Å². The molecule has 0 radical (unpaired) electrons. The fourth-order valence-electron chi connectivity index (χ4n) is 2.35. The van der Waals surface area contributed by atoms with Crippen molar-refractivity contribution in [2.24, 2.45) is 0 Å². The molecule has 1 aromatic carbocycles. The van der Waals surface area contributed by atoms with Gasteiger partial charge < -0.3 is 10.3 Å². The first-order valence-corrected chi connectivity index (χ1v) is 7.82. The summed E-state index contributed by atoms with van der Waals surface area (Å²) in [5.41, 5.74) is 3.04. The van der Waals surface area contributed by atoms with Crippen LogP contribution in [0.15, 0.2) is 40.5 Å². The van der Waals surface area contributed by atoms with Crippen LogP contribution in [0.25, 0.3) is 10.2 Å². The van der Waals surface area contributed by atoms with E-state index >= 15 is 0 Å². The zero-order valence-corrected chi connectivity index (χ0v) is 12.8. The largest absolute Gasteiger partial charge is 0.378 e. The number of nitrogens with zero attached hydrogens (tertiary/aromatic N) is 1. The molecule has 2 aromatic heterocycles. The van der Waals surface area contributed by atoms with Gasteiger partial charge in [-0.1, -0.05) is 32.0 Å². The molecule has 0 amide bonds. The first-order chi connectivity index (χ1) is 10.1. The number of benzene rings is 1.